The number of nitrogens with one attached hydrogen (secondary N) is 1. The Kier molecular flexibility index (Phi) is 9.30. The number of anilines is 2. The number of nitrogens with two attached hydrogens (primary N) is 1. The molecule has 11 nitrogen and oxygen atoms in total. The van der Waals surface area contributed by atoms with Crippen LogP contribution in [-0.2, 0) is 22.5 Å². The molecule has 4 amide bonds. The number of piperazine rings is 1. The number of carbonyl (C=O) groups excluding carboxylic acids is 3. The van der Waals surface area contributed by atoms with Crippen molar-refractivity contribution in [2.75, 3.05) is 57.4 Å². The molecule has 2 aromatic rings. The highest BCUT2D eigenvalue weighted by Crippen LogP contribution is 2.37. The van der Waals surface area contributed by atoms with Gasteiger partial charge in [-0.25, -0.2) is 9.59 Å². The second-order valence-corrected chi connectivity index (χ2v) is 15.2. The Bertz CT molecular complexity index is 1470. The van der Waals surface area contributed by atoms with Gasteiger partial charge in [-0.2, -0.15) is 0 Å². The van der Waals surface area contributed by atoms with Gasteiger partial charge in [0.25, 0.3) is 5.91 Å². The van der Waals surface area contributed by atoms with Crippen LogP contribution < -0.4 is 11.1 Å². The molecule has 3 atom stereocenters. The van der Waals surface area contributed by atoms with E-state index >= 15 is 0 Å². The highest BCUT2D eigenvalue weighted by atomic mass is 35.5. The van der Waals surface area contributed by atoms with E-state index in [9.17, 15) is 14.4 Å². The summed E-state index contributed by atoms with van der Waals surface area (Å²) in [5.74, 6) is -0.168. The fraction of sp³-hybridized carbons (Fsp3) is 0.618. The lowest BCUT2D eigenvalue weighted by Gasteiger charge is -2.45. The third-order valence-electron chi connectivity index (χ3n) is 11.3. The molecule has 0 radical (unpaired) electrons. The standard InChI is InChI=1S/C34H46ClN7O4S/c1-21-13-22(14-28(35)31(21)36)15-30(32(43)40-11-9-39(10-12-40)27-16-25-3-4-26(17-27)38(25)2)46-34(45)41-7-5-24(6-8-41)42-18-23-19-47-20-29(23)37-33(42)44/h13-14,19-20,24-27,30H,3-12,15-18,36H2,1-2H3,(H,37,44)/t25?,26?,27?,30-/m1/s1. The predicted octanol–water partition coefficient (Wildman–Crippen LogP) is 4.62. The first-order valence-corrected chi connectivity index (χ1v) is 18.3. The van der Waals surface area contributed by atoms with E-state index in [0.29, 0.717) is 74.4 Å². The van der Waals surface area contributed by atoms with E-state index < -0.39 is 12.2 Å². The zero-order valence-corrected chi connectivity index (χ0v) is 28.9. The van der Waals surface area contributed by atoms with Gasteiger partial charge < -0.3 is 35.4 Å². The average Bonchev–Trinajstić information content (AvgIpc) is 3.59. The van der Waals surface area contributed by atoms with E-state index in [4.69, 9.17) is 22.1 Å². The number of nitrogens with zero attached hydrogens (tertiary/aromatic N) is 5. The number of fused-ring (bicyclic) bond motifs is 3. The third kappa shape index (κ3) is 6.66. The van der Waals surface area contributed by atoms with Gasteiger partial charge in [0.05, 0.1) is 22.9 Å². The summed E-state index contributed by atoms with van der Waals surface area (Å²) in [5.41, 5.74) is 10.2. The maximum absolute atomic E-state index is 14.1. The molecule has 2 bridgehead atoms. The molecular formula is C34H46ClN7O4S. The molecule has 3 N–H and O–H groups in total. The van der Waals surface area contributed by atoms with Crippen LogP contribution in [0.1, 0.15) is 55.2 Å². The van der Waals surface area contributed by atoms with Crippen LogP contribution in [0.25, 0.3) is 0 Å². The summed E-state index contributed by atoms with van der Waals surface area (Å²) in [5, 5.41) is 7.44. The summed E-state index contributed by atoms with van der Waals surface area (Å²) in [6.45, 7) is 6.26. The molecule has 1 aromatic carbocycles. The second kappa shape index (κ2) is 13.4. The lowest BCUT2D eigenvalue weighted by atomic mass is 9.96. The number of aryl methyl sites for hydroxylation is 1. The number of amides is 4. The van der Waals surface area contributed by atoms with Crippen LogP contribution in [0.5, 0.6) is 0 Å². The van der Waals surface area contributed by atoms with Crippen LogP contribution in [0.2, 0.25) is 5.02 Å². The van der Waals surface area contributed by atoms with Crippen molar-refractivity contribution in [2.45, 2.75) is 88.7 Å². The average molecular weight is 684 g/mol. The van der Waals surface area contributed by atoms with Crippen LogP contribution in [-0.4, -0.2) is 119 Å². The monoisotopic (exact) mass is 683 g/mol. The summed E-state index contributed by atoms with van der Waals surface area (Å²) in [4.78, 5) is 51.0. The maximum Gasteiger partial charge on any atom is 0.410 e. The zero-order valence-electron chi connectivity index (χ0n) is 27.3. The van der Waals surface area contributed by atoms with Crippen molar-refractivity contribution in [2.24, 2.45) is 0 Å². The highest BCUT2D eigenvalue weighted by molar-refractivity contribution is 7.08. The first kappa shape index (κ1) is 32.5. The number of likely N-dealkylation sites (tertiary alicyclic amines) is 1. The fourth-order valence-electron chi connectivity index (χ4n) is 8.38. The quantitative estimate of drug-likeness (QED) is 0.427. The minimum Gasteiger partial charge on any atom is -0.436 e. The van der Waals surface area contributed by atoms with E-state index in [1.807, 2.05) is 28.2 Å². The van der Waals surface area contributed by atoms with E-state index in [-0.39, 0.29) is 24.4 Å². The van der Waals surface area contributed by atoms with Crippen LogP contribution in [0.3, 0.4) is 0 Å². The van der Waals surface area contributed by atoms with E-state index in [1.165, 1.54) is 25.7 Å². The Labute approximate surface area is 285 Å². The summed E-state index contributed by atoms with van der Waals surface area (Å²) < 4.78 is 6.06. The van der Waals surface area contributed by atoms with Crippen molar-refractivity contribution in [3.63, 3.8) is 0 Å². The number of halogens is 1. The Morgan fingerprint density at radius 2 is 1.68 bits per heavy atom. The normalized spacial score (nSPS) is 26.2. The number of nitrogen functional groups attached to an aromatic ring is 1. The fourth-order valence-corrected chi connectivity index (χ4v) is 9.45. The SMILES string of the molecule is Cc1cc(C[C@@H](OC(=O)N2CCC(N3Cc4cscc4NC3=O)CC2)C(=O)N2CCN(C3CC4CCC(C3)N4C)CC2)cc(Cl)c1N. The van der Waals surface area contributed by atoms with E-state index in [2.05, 4.69) is 27.5 Å². The smallest absolute Gasteiger partial charge is 0.410 e. The summed E-state index contributed by atoms with van der Waals surface area (Å²) in [6.07, 6.45) is 5.02. The molecule has 1 aromatic heterocycles. The van der Waals surface area contributed by atoms with Crippen LogP contribution in [0, 0.1) is 6.92 Å². The molecule has 13 heteroatoms. The number of rotatable bonds is 6. The molecule has 0 spiro atoms. The second-order valence-electron chi connectivity index (χ2n) is 14.0. The molecule has 0 aliphatic carbocycles. The lowest BCUT2D eigenvalue weighted by molar-refractivity contribution is -0.143. The number of piperidine rings is 2. The molecule has 254 valence electrons. The van der Waals surface area contributed by atoms with Crippen LogP contribution in [0.15, 0.2) is 22.9 Å². The third-order valence-corrected chi connectivity index (χ3v) is 12.4. The number of hydrogen-bond acceptors (Lipinski definition) is 8. The topological polar surface area (TPSA) is 115 Å². The van der Waals surface area contributed by atoms with Crippen molar-refractivity contribution in [3.8, 4) is 0 Å². The van der Waals surface area contributed by atoms with Crippen LogP contribution >= 0.6 is 22.9 Å². The van der Waals surface area contributed by atoms with Gasteiger partial charge in [-0.05, 0) is 75.1 Å². The molecule has 6 heterocycles. The summed E-state index contributed by atoms with van der Waals surface area (Å²) >= 11 is 8.00. The van der Waals surface area contributed by atoms with Crippen molar-refractivity contribution in [1.29, 1.82) is 0 Å². The molecule has 2 unspecified atom stereocenters. The number of carbonyl (C=O) groups is 3. The Hall–Kier alpha value is -3.06. The lowest BCUT2D eigenvalue weighted by Crippen LogP contribution is -2.57. The van der Waals surface area contributed by atoms with Gasteiger partial charge in [0.15, 0.2) is 6.10 Å². The number of ether oxygens (including phenoxy) is 1. The summed E-state index contributed by atoms with van der Waals surface area (Å²) in [7, 11) is 2.27. The Morgan fingerprint density at radius 3 is 2.36 bits per heavy atom. The highest BCUT2D eigenvalue weighted by Gasteiger charge is 2.42. The first-order chi connectivity index (χ1) is 22.6. The minimum absolute atomic E-state index is 0.0282. The maximum atomic E-state index is 14.1. The molecule has 5 aliphatic rings. The Morgan fingerprint density at radius 1 is 0.979 bits per heavy atom. The van der Waals surface area contributed by atoms with Gasteiger partial charge in [0, 0.05) is 80.8 Å². The molecule has 7 rings (SSSR count). The Balaban J connectivity index is 0.988. The van der Waals surface area contributed by atoms with Gasteiger partial charge in [-0.3, -0.25) is 9.69 Å². The molecule has 5 aliphatic heterocycles. The van der Waals surface area contributed by atoms with Crippen LogP contribution in [0.4, 0.5) is 21.0 Å². The predicted molar refractivity (Wildman–Crippen MR) is 184 cm³/mol. The van der Waals surface area contributed by atoms with Gasteiger partial charge in [0.2, 0.25) is 0 Å². The van der Waals surface area contributed by atoms with Crippen molar-refractivity contribution >= 4 is 52.3 Å². The van der Waals surface area contributed by atoms with E-state index in [1.54, 1.807) is 22.3 Å². The van der Waals surface area contributed by atoms with Crippen molar-refractivity contribution in [3.05, 3.63) is 44.6 Å². The van der Waals surface area contributed by atoms with Crippen molar-refractivity contribution in [1.82, 2.24) is 24.5 Å². The van der Waals surface area contributed by atoms with Crippen molar-refractivity contribution < 1.29 is 19.1 Å². The minimum atomic E-state index is -0.977. The van der Waals surface area contributed by atoms with Gasteiger partial charge in [-0.1, -0.05) is 17.7 Å². The van der Waals surface area contributed by atoms with Gasteiger partial charge in [0.1, 0.15) is 0 Å². The van der Waals surface area contributed by atoms with E-state index in [0.717, 1.165) is 35.5 Å². The summed E-state index contributed by atoms with van der Waals surface area (Å²) in [6, 6.07) is 5.53. The molecular weight excluding hydrogens is 638 g/mol. The molecule has 4 fully saturated rings. The molecule has 4 saturated heterocycles. The van der Waals surface area contributed by atoms with Gasteiger partial charge >= 0.3 is 12.1 Å². The molecule has 0 saturated carbocycles. The van der Waals surface area contributed by atoms with Gasteiger partial charge in [-0.15, -0.1) is 11.3 Å². The number of urea groups is 1. The largest absolute Gasteiger partial charge is 0.436 e. The number of hydrogen-bond donors (Lipinski definition) is 2. The zero-order chi connectivity index (χ0) is 32.8. The number of benzene rings is 1. The first-order valence-electron chi connectivity index (χ1n) is 17.0. The number of thiophene rings is 1. The molecule has 47 heavy (non-hydrogen) atoms.